The van der Waals surface area contributed by atoms with Crippen LogP contribution in [0.25, 0.3) is 0 Å². The molecule has 0 saturated heterocycles. The first-order valence-electron chi connectivity index (χ1n) is 9.05. The second-order valence-corrected chi connectivity index (χ2v) is 7.37. The number of nitrogens with zero attached hydrogens (tertiary/aromatic N) is 3. The van der Waals surface area contributed by atoms with Gasteiger partial charge in [0.25, 0.3) is 0 Å². The third-order valence-electron chi connectivity index (χ3n) is 3.98. The van der Waals surface area contributed by atoms with E-state index in [1.165, 1.54) is 12.8 Å². The van der Waals surface area contributed by atoms with Gasteiger partial charge in [0, 0.05) is 24.2 Å². The summed E-state index contributed by atoms with van der Waals surface area (Å²) in [7, 11) is 0. The van der Waals surface area contributed by atoms with Crippen molar-refractivity contribution in [1.29, 1.82) is 0 Å². The number of rotatable bonds is 8. The van der Waals surface area contributed by atoms with Gasteiger partial charge >= 0.3 is 6.18 Å². The van der Waals surface area contributed by atoms with Crippen LogP contribution in [0.4, 0.5) is 13.2 Å². The first-order chi connectivity index (χ1) is 13.4. The average Bonchev–Trinajstić information content (AvgIpc) is 3.36. The zero-order valence-electron chi connectivity index (χ0n) is 15.4. The van der Waals surface area contributed by atoms with E-state index in [0.29, 0.717) is 42.5 Å². The van der Waals surface area contributed by atoms with Gasteiger partial charge in [-0.2, -0.15) is 13.2 Å². The number of ether oxygens (including phenoxy) is 1. The molecule has 2 heterocycles. The molecule has 2 N–H and O–H groups in total. The van der Waals surface area contributed by atoms with E-state index in [9.17, 15) is 13.2 Å². The van der Waals surface area contributed by atoms with Gasteiger partial charge in [-0.1, -0.05) is 0 Å². The molecule has 1 saturated carbocycles. The van der Waals surface area contributed by atoms with Crippen LogP contribution in [-0.2, 0) is 19.3 Å². The number of thiazole rings is 1. The van der Waals surface area contributed by atoms with Crippen LogP contribution in [0.2, 0.25) is 0 Å². The van der Waals surface area contributed by atoms with E-state index in [2.05, 4.69) is 25.6 Å². The topological polar surface area (TPSA) is 71.4 Å². The van der Waals surface area contributed by atoms with Gasteiger partial charge in [0.2, 0.25) is 5.88 Å². The van der Waals surface area contributed by atoms with Gasteiger partial charge in [-0.05, 0) is 37.3 Å². The molecule has 3 rings (SSSR count). The molecular formula is C18H22F3N5OS. The molecule has 2 aromatic heterocycles. The van der Waals surface area contributed by atoms with Crippen LogP contribution in [-0.4, -0.2) is 29.1 Å². The lowest BCUT2D eigenvalue weighted by atomic mass is 10.3. The van der Waals surface area contributed by atoms with Crippen LogP contribution in [0.5, 0.6) is 5.88 Å². The van der Waals surface area contributed by atoms with Crippen LogP contribution in [0.15, 0.2) is 28.7 Å². The molecule has 0 atom stereocenters. The van der Waals surface area contributed by atoms with Gasteiger partial charge in [-0.3, -0.25) is 0 Å². The predicted molar refractivity (Wildman–Crippen MR) is 101 cm³/mol. The Bertz CT molecular complexity index is 805. The van der Waals surface area contributed by atoms with E-state index in [1.54, 1.807) is 6.20 Å². The van der Waals surface area contributed by atoms with Crippen LogP contribution >= 0.6 is 11.3 Å². The smallest absolute Gasteiger partial charge is 0.434 e. The first-order valence-corrected chi connectivity index (χ1v) is 9.93. The number of nitrogens with one attached hydrogen (secondary N) is 2. The van der Waals surface area contributed by atoms with Crippen molar-refractivity contribution in [2.24, 2.45) is 10.9 Å². The molecule has 1 fully saturated rings. The average molecular weight is 413 g/mol. The molecule has 28 heavy (non-hydrogen) atoms. The lowest BCUT2D eigenvalue weighted by molar-refractivity contribution is -0.140. The summed E-state index contributed by atoms with van der Waals surface area (Å²) in [4.78, 5) is 12.3. The van der Waals surface area contributed by atoms with Crippen molar-refractivity contribution in [2.45, 2.75) is 39.0 Å². The standard InChI is InChI=1S/C18H22F3N5OS/c1-2-22-17(25-9-16-26-14(11-28-16)18(19,20)21)24-8-13-5-6-23-15(7-13)27-10-12-3-4-12/h5-7,11-12H,2-4,8-10H2,1H3,(H2,22,24,25). The third kappa shape index (κ3) is 6.36. The van der Waals surface area contributed by atoms with Crippen LogP contribution < -0.4 is 15.4 Å². The molecule has 0 amide bonds. The molecule has 0 radical (unpaired) electrons. The Morgan fingerprint density at radius 2 is 2.18 bits per heavy atom. The molecule has 0 aromatic carbocycles. The minimum atomic E-state index is -4.42. The molecule has 0 bridgehead atoms. The SMILES string of the molecule is CCNC(=NCc1ccnc(OCC2CC2)c1)NCc1nc(C(F)(F)F)cs1. The maximum atomic E-state index is 12.6. The van der Waals surface area contributed by atoms with Gasteiger partial charge in [0.05, 0.1) is 19.7 Å². The minimum absolute atomic E-state index is 0.165. The molecule has 0 spiro atoms. The van der Waals surface area contributed by atoms with E-state index in [0.717, 1.165) is 22.3 Å². The van der Waals surface area contributed by atoms with E-state index >= 15 is 0 Å². The van der Waals surface area contributed by atoms with Gasteiger partial charge in [0.1, 0.15) is 5.01 Å². The third-order valence-corrected chi connectivity index (χ3v) is 4.83. The fraction of sp³-hybridized carbons (Fsp3) is 0.500. The zero-order chi connectivity index (χ0) is 20.0. The monoisotopic (exact) mass is 413 g/mol. The highest BCUT2D eigenvalue weighted by Crippen LogP contribution is 2.30. The number of hydrogen-bond acceptors (Lipinski definition) is 5. The minimum Gasteiger partial charge on any atom is -0.477 e. The number of guanidine groups is 1. The Hall–Kier alpha value is -2.36. The number of halogens is 3. The fourth-order valence-electron chi connectivity index (χ4n) is 2.31. The summed E-state index contributed by atoms with van der Waals surface area (Å²) in [6.07, 6.45) is -0.313. The number of alkyl halides is 3. The summed E-state index contributed by atoms with van der Waals surface area (Å²) in [6, 6.07) is 3.71. The molecule has 1 aliphatic rings. The molecule has 0 aliphatic heterocycles. The van der Waals surface area contributed by atoms with Crippen molar-refractivity contribution < 1.29 is 17.9 Å². The summed E-state index contributed by atoms with van der Waals surface area (Å²) in [5.41, 5.74) is 0.0679. The molecule has 0 unspecified atom stereocenters. The lowest BCUT2D eigenvalue weighted by Gasteiger charge is -2.10. The van der Waals surface area contributed by atoms with E-state index in [-0.39, 0.29) is 6.54 Å². The highest BCUT2D eigenvalue weighted by atomic mass is 32.1. The largest absolute Gasteiger partial charge is 0.477 e. The van der Waals surface area contributed by atoms with Gasteiger partial charge < -0.3 is 15.4 Å². The Balaban J connectivity index is 1.56. The quantitative estimate of drug-likeness (QED) is 0.511. The highest BCUT2D eigenvalue weighted by Gasteiger charge is 2.33. The number of aliphatic imine (C=N–C) groups is 1. The number of pyridine rings is 1. The molecule has 10 heteroatoms. The van der Waals surface area contributed by atoms with Gasteiger partial charge in [-0.15, -0.1) is 11.3 Å². The summed E-state index contributed by atoms with van der Waals surface area (Å²) in [5.74, 6) is 1.74. The molecule has 6 nitrogen and oxygen atoms in total. The first kappa shape index (κ1) is 20.4. The fourth-order valence-corrected chi connectivity index (χ4v) is 3.05. The Kier molecular flexibility index (Phi) is 6.71. The van der Waals surface area contributed by atoms with Crippen LogP contribution in [0, 0.1) is 5.92 Å². The second kappa shape index (κ2) is 9.22. The molecule has 1 aliphatic carbocycles. The van der Waals surface area contributed by atoms with Gasteiger partial charge in [-0.25, -0.2) is 15.0 Å². The molecule has 2 aromatic rings. The van der Waals surface area contributed by atoms with Crippen molar-refractivity contribution in [1.82, 2.24) is 20.6 Å². The Morgan fingerprint density at radius 3 is 2.86 bits per heavy atom. The van der Waals surface area contributed by atoms with Crippen molar-refractivity contribution in [3.8, 4) is 5.88 Å². The maximum Gasteiger partial charge on any atom is 0.434 e. The van der Waals surface area contributed by atoms with Crippen molar-refractivity contribution in [3.05, 3.63) is 40.0 Å². The van der Waals surface area contributed by atoms with Crippen LogP contribution in [0.1, 0.15) is 36.0 Å². The number of hydrogen-bond donors (Lipinski definition) is 2. The van der Waals surface area contributed by atoms with Gasteiger partial charge in [0.15, 0.2) is 11.7 Å². The molecular weight excluding hydrogens is 391 g/mol. The van der Waals surface area contributed by atoms with E-state index in [4.69, 9.17) is 4.74 Å². The summed E-state index contributed by atoms with van der Waals surface area (Å²) < 4.78 is 43.6. The Morgan fingerprint density at radius 1 is 1.36 bits per heavy atom. The highest BCUT2D eigenvalue weighted by molar-refractivity contribution is 7.09. The zero-order valence-corrected chi connectivity index (χ0v) is 16.2. The van der Waals surface area contributed by atoms with Crippen LogP contribution in [0.3, 0.4) is 0 Å². The maximum absolute atomic E-state index is 12.6. The lowest BCUT2D eigenvalue weighted by Crippen LogP contribution is -2.36. The Labute approximate surface area is 165 Å². The summed E-state index contributed by atoms with van der Waals surface area (Å²) in [6.45, 7) is 3.79. The van der Waals surface area contributed by atoms with Crippen molar-refractivity contribution in [2.75, 3.05) is 13.2 Å². The summed E-state index contributed by atoms with van der Waals surface area (Å²) >= 11 is 0.965. The summed E-state index contributed by atoms with van der Waals surface area (Å²) in [5, 5.41) is 7.44. The molecule has 152 valence electrons. The van der Waals surface area contributed by atoms with Crippen molar-refractivity contribution in [3.63, 3.8) is 0 Å². The van der Waals surface area contributed by atoms with Crippen molar-refractivity contribution >= 4 is 17.3 Å². The van der Waals surface area contributed by atoms with E-state index < -0.39 is 11.9 Å². The van der Waals surface area contributed by atoms with E-state index in [1.807, 2.05) is 19.1 Å². The normalized spacial score (nSPS) is 14.8. The number of aromatic nitrogens is 2. The second-order valence-electron chi connectivity index (χ2n) is 6.43. The predicted octanol–water partition coefficient (Wildman–Crippen LogP) is 3.60.